The van der Waals surface area contributed by atoms with Crippen LogP contribution in [0.15, 0.2) is 24.5 Å². The van der Waals surface area contributed by atoms with E-state index < -0.39 is 0 Å². The monoisotopic (exact) mass is 170 g/mol. The number of halogens is 1. The summed E-state index contributed by atoms with van der Waals surface area (Å²) in [6, 6.07) is 4.73. The van der Waals surface area contributed by atoms with Crippen LogP contribution in [0.1, 0.15) is 18.0 Å². The number of nitrogens with zero attached hydrogens (tertiary/aromatic N) is 1. The van der Waals surface area contributed by atoms with Crippen molar-refractivity contribution in [2.45, 2.75) is 12.5 Å². The van der Waals surface area contributed by atoms with Gasteiger partial charge in [-0.3, -0.25) is 4.98 Å². The first kappa shape index (κ1) is 8.50. The Bertz CT molecular complexity index is 209. The summed E-state index contributed by atoms with van der Waals surface area (Å²) in [4.78, 5) is 3.96. The lowest BCUT2D eigenvalue weighted by Crippen LogP contribution is -2.34. The molecule has 1 atom stereocenters. The molecule has 1 aromatic heterocycles. The van der Waals surface area contributed by atoms with E-state index in [1.165, 1.54) is 12.0 Å². The molecule has 0 unspecified atom stereocenters. The molecule has 11 heavy (non-hydrogen) atoms. The molecule has 0 aliphatic carbocycles. The van der Waals surface area contributed by atoms with E-state index in [4.69, 9.17) is 0 Å². The highest BCUT2D eigenvalue weighted by molar-refractivity contribution is 5.85. The maximum absolute atomic E-state index is 3.96. The fourth-order valence-electron chi connectivity index (χ4n) is 1.17. The average Bonchev–Trinajstić information content (AvgIpc) is 1.86. The Morgan fingerprint density at radius 1 is 1.36 bits per heavy atom. The number of pyridine rings is 1. The van der Waals surface area contributed by atoms with Crippen LogP contribution in [-0.2, 0) is 0 Å². The molecule has 3 heteroatoms. The Kier molecular flexibility index (Phi) is 2.85. The van der Waals surface area contributed by atoms with Crippen molar-refractivity contribution in [3.05, 3.63) is 30.1 Å². The number of aromatic nitrogens is 1. The Labute approximate surface area is 72.4 Å². The maximum atomic E-state index is 3.96. The van der Waals surface area contributed by atoms with Crippen molar-refractivity contribution in [2.24, 2.45) is 0 Å². The summed E-state index contributed by atoms with van der Waals surface area (Å²) >= 11 is 0. The summed E-state index contributed by atoms with van der Waals surface area (Å²) in [5.74, 6) is 0. The van der Waals surface area contributed by atoms with Gasteiger partial charge in [-0.05, 0) is 30.7 Å². The van der Waals surface area contributed by atoms with Crippen LogP contribution in [0.3, 0.4) is 0 Å². The van der Waals surface area contributed by atoms with Crippen molar-refractivity contribution < 1.29 is 0 Å². The largest absolute Gasteiger partial charge is 0.310 e. The van der Waals surface area contributed by atoms with Gasteiger partial charge in [0.25, 0.3) is 0 Å². The lowest BCUT2D eigenvalue weighted by Gasteiger charge is -2.27. The van der Waals surface area contributed by atoms with Crippen molar-refractivity contribution >= 4 is 12.4 Å². The lowest BCUT2D eigenvalue weighted by molar-refractivity contribution is 0.383. The molecule has 0 aromatic carbocycles. The highest BCUT2D eigenvalue weighted by Crippen LogP contribution is 2.20. The van der Waals surface area contributed by atoms with Gasteiger partial charge in [0.15, 0.2) is 0 Å². The molecule has 1 N–H and O–H groups in total. The minimum Gasteiger partial charge on any atom is -0.310 e. The summed E-state index contributed by atoms with van der Waals surface area (Å²) < 4.78 is 0. The van der Waals surface area contributed by atoms with E-state index in [1.54, 1.807) is 0 Å². The van der Waals surface area contributed by atoms with E-state index in [0.717, 1.165) is 6.54 Å². The van der Waals surface area contributed by atoms with Crippen LogP contribution in [0, 0.1) is 0 Å². The highest BCUT2D eigenvalue weighted by atomic mass is 35.5. The Balaban J connectivity index is 0.000000605. The van der Waals surface area contributed by atoms with E-state index in [9.17, 15) is 0 Å². The quantitative estimate of drug-likeness (QED) is 0.692. The zero-order valence-corrected chi connectivity index (χ0v) is 6.97. The van der Waals surface area contributed by atoms with Crippen LogP contribution in [0.2, 0.25) is 0 Å². The van der Waals surface area contributed by atoms with Crippen LogP contribution >= 0.6 is 12.4 Å². The Morgan fingerprint density at radius 3 is 2.45 bits per heavy atom. The summed E-state index contributed by atoms with van der Waals surface area (Å²) in [5.41, 5.74) is 1.36. The third-order valence-electron chi connectivity index (χ3n) is 1.93. The Morgan fingerprint density at radius 2 is 2.00 bits per heavy atom. The third-order valence-corrected chi connectivity index (χ3v) is 1.93. The zero-order valence-electron chi connectivity index (χ0n) is 6.16. The van der Waals surface area contributed by atoms with Crippen LogP contribution < -0.4 is 5.32 Å². The summed E-state index contributed by atoms with van der Waals surface area (Å²) in [6.45, 7) is 1.16. The SMILES string of the molecule is Cl.c1cc([C@H]2CCN2)ccn1. The third kappa shape index (κ3) is 1.70. The summed E-state index contributed by atoms with van der Waals surface area (Å²) in [7, 11) is 0. The predicted octanol–water partition coefficient (Wildman–Crippen LogP) is 1.54. The summed E-state index contributed by atoms with van der Waals surface area (Å²) in [6.07, 6.45) is 4.95. The van der Waals surface area contributed by atoms with Gasteiger partial charge in [0.2, 0.25) is 0 Å². The number of rotatable bonds is 1. The molecule has 2 rings (SSSR count). The average molecular weight is 171 g/mol. The first-order valence-corrected chi connectivity index (χ1v) is 3.60. The molecular weight excluding hydrogens is 160 g/mol. The van der Waals surface area contributed by atoms with E-state index in [0.29, 0.717) is 6.04 Å². The normalized spacial score (nSPS) is 21.6. The molecule has 0 bridgehead atoms. The first-order chi connectivity index (χ1) is 4.97. The zero-order chi connectivity index (χ0) is 6.81. The van der Waals surface area contributed by atoms with E-state index in [2.05, 4.69) is 22.4 Å². The van der Waals surface area contributed by atoms with Crippen molar-refractivity contribution in [3.8, 4) is 0 Å². The second kappa shape index (κ2) is 3.69. The molecule has 0 saturated carbocycles. The molecule has 1 aliphatic rings. The molecule has 1 aromatic rings. The molecule has 0 amide bonds. The van der Waals surface area contributed by atoms with E-state index in [-0.39, 0.29) is 12.4 Å². The number of nitrogens with one attached hydrogen (secondary N) is 1. The van der Waals surface area contributed by atoms with Crippen LogP contribution in [0.5, 0.6) is 0 Å². The minimum atomic E-state index is 0. The molecular formula is C8H11ClN2. The molecule has 0 radical (unpaired) electrons. The number of hydrogen-bond acceptors (Lipinski definition) is 2. The maximum Gasteiger partial charge on any atom is 0.0333 e. The molecule has 60 valence electrons. The molecule has 0 spiro atoms. The second-order valence-corrected chi connectivity index (χ2v) is 2.58. The van der Waals surface area contributed by atoms with Gasteiger partial charge in [-0.15, -0.1) is 12.4 Å². The van der Waals surface area contributed by atoms with Gasteiger partial charge in [0.1, 0.15) is 0 Å². The predicted molar refractivity (Wildman–Crippen MR) is 46.8 cm³/mol. The molecule has 1 aliphatic heterocycles. The second-order valence-electron chi connectivity index (χ2n) is 2.58. The molecule has 2 heterocycles. The van der Waals surface area contributed by atoms with E-state index >= 15 is 0 Å². The highest BCUT2D eigenvalue weighted by Gasteiger charge is 2.17. The molecule has 1 saturated heterocycles. The summed E-state index contributed by atoms with van der Waals surface area (Å²) in [5, 5.41) is 3.33. The minimum absolute atomic E-state index is 0. The van der Waals surface area contributed by atoms with Crippen molar-refractivity contribution in [1.82, 2.24) is 10.3 Å². The van der Waals surface area contributed by atoms with Crippen LogP contribution in [0.4, 0.5) is 0 Å². The van der Waals surface area contributed by atoms with Crippen molar-refractivity contribution in [1.29, 1.82) is 0 Å². The van der Waals surface area contributed by atoms with Gasteiger partial charge in [0, 0.05) is 18.4 Å². The van der Waals surface area contributed by atoms with Crippen LogP contribution in [0.25, 0.3) is 0 Å². The van der Waals surface area contributed by atoms with E-state index in [1.807, 2.05) is 12.4 Å². The van der Waals surface area contributed by atoms with Gasteiger partial charge in [-0.1, -0.05) is 0 Å². The van der Waals surface area contributed by atoms with Crippen molar-refractivity contribution in [3.63, 3.8) is 0 Å². The van der Waals surface area contributed by atoms with Gasteiger partial charge in [-0.25, -0.2) is 0 Å². The van der Waals surface area contributed by atoms with Crippen molar-refractivity contribution in [2.75, 3.05) is 6.54 Å². The topological polar surface area (TPSA) is 24.9 Å². The first-order valence-electron chi connectivity index (χ1n) is 3.60. The Hall–Kier alpha value is -0.600. The van der Waals surface area contributed by atoms with Gasteiger partial charge < -0.3 is 5.32 Å². The van der Waals surface area contributed by atoms with Gasteiger partial charge in [0.05, 0.1) is 0 Å². The smallest absolute Gasteiger partial charge is 0.0333 e. The number of hydrogen-bond donors (Lipinski definition) is 1. The molecule has 2 nitrogen and oxygen atoms in total. The molecule has 1 fully saturated rings. The van der Waals surface area contributed by atoms with Crippen LogP contribution in [-0.4, -0.2) is 11.5 Å². The fourth-order valence-corrected chi connectivity index (χ4v) is 1.17. The van der Waals surface area contributed by atoms with Gasteiger partial charge >= 0.3 is 0 Å². The van der Waals surface area contributed by atoms with Gasteiger partial charge in [-0.2, -0.15) is 0 Å². The standard InChI is InChI=1S/C8H10N2.ClH/c1-4-9-5-2-7(1)8-3-6-10-8;/h1-2,4-5,8,10H,3,6H2;1H/t8-;/m1./s1. The fraction of sp³-hybridized carbons (Fsp3) is 0.375. The lowest BCUT2D eigenvalue weighted by atomic mass is 9.99.